The zero-order chi connectivity index (χ0) is 15.5. The highest BCUT2D eigenvalue weighted by Crippen LogP contribution is 2.56. The van der Waals surface area contributed by atoms with Crippen molar-refractivity contribution in [2.45, 2.75) is 77.9 Å². The molecule has 2 fully saturated rings. The highest BCUT2D eigenvalue weighted by Gasteiger charge is 2.65. The predicted molar refractivity (Wildman–Crippen MR) is 89.3 cm³/mol. The molecule has 0 spiro atoms. The number of hydrogen-bond donors (Lipinski definition) is 2. The van der Waals surface area contributed by atoms with Gasteiger partial charge in [0.15, 0.2) is 0 Å². The summed E-state index contributed by atoms with van der Waals surface area (Å²) in [7, 11) is 0. The van der Waals surface area contributed by atoms with Gasteiger partial charge in [0.1, 0.15) is 0 Å². The molecule has 4 unspecified atom stereocenters. The first-order chi connectivity index (χ1) is 9.97. The van der Waals surface area contributed by atoms with Crippen LogP contribution in [0.2, 0.25) is 0 Å². The topological polar surface area (TPSA) is 47.3 Å². The smallest absolute Gasteiger partial charge is 0.0690 e. The lowest BCUT2D eigenvalue weighted by molar-refractivity contribution is -0.225. The maximum atomic E-state index is 6.82. The summed E-state index contributed by atoms with van der Waals surface area (Å²) in [5.74, 6) is 1.35. The molecule has 1 saturated heterocycles. The molecule has 2 aliphatic rings. The van der Waals surface area contributed by atoms with Crippen LogP contribution in [0.15, 0.2) is 0 Å². The Kier molecular flexibility index (Phi) is 5.72. The maximum absolute atomic E-state index is 6.82. The van der Waals surface area contributed by atoms with Crippen LogP contribution in [0.5, 0.6) is 0 Å². The second-order valence-electron chi connectivity index (χ2n) is 7.85. The lowest BCUT2D eigenvalue weighted by Gasteiger charge is -2.66. The first-order valence-electron chi connectivity index (χ1n) is 9.08. The van der Waals surface area contributed by atoms with Crippen molar-refractivity contribution < 1.29 is 4.74 Å². The van der Waals surface area contributed by atoms with E-state index in [-0.39, 0.29) is 11.0 Å². The molecule has 0 aromatic rings. The van der Waals surface area contributed by atoms with Crippen molar-refractivity contribution in [3.63, 3.8) is 0 Å². The molecule has 1 aliphatic heterocycles. The molecule has 1 aliphatic carbocycles. The van der Waals surface area contributed by atoms with Gasteiger partial charge in [0, 0.05) is 30.0 Å². The molecule has 3 heteroatoms. The van der Waals surface area contributed by atoms with Crippen molar-refractivity contribution in [2.75, 3.05) is 19.7 Å². The van der Waals surface area contributed by atoms with Crippen molar-refractivity contribution >= 4 is 0 Å². The summed E-state index contributed by atoms with van der Waals surface area (Å²) >= 11 is 0. The molecule has 1 heterocycles. The Morgan fingerprint density at radius 2 is 2.10 bits per heavy atom. The molecule has 1 saturated carbocycles. The van der Waals surface area contributed by atoms with Gasteiger partial charge in [0.25, 0.3) is 0 Å². The fourth-order valence-electron chi connectivity index (χ4n) is 4.45. The number of rotatable bonds is 8. The van der Waals surface area contributed by atoms with Crippen LogP contribution in [0.1, 0.15) is 66.2 Å². The van der Waals surface area contributed by atoms with Gasteiger partial charge in [-0.2, -0.15) is 0 Å². The third-order valence-electron chi connectivity index (χ3n) is 6.29. The summed E-state index contributed by atoms with van der Waals surface area (Å²) in [6.07, 6.45) is 8.03. The van der Waals surface area contributed by atoms with Gasteiger partial charge >= 0.3 is 0 Å². The van der Waals surface area contributed by atoms with Gasteiger partial charge in [-0.05, 0) is 31.7 Å². The summed E-state index contributed by atoms with van der Waals surface area (Å²) in [4.78, 5) is 0. The zero-order valence-corrected chi connectivity index (χ0v) is 14.6. The molecule has 124 valence electrons. The second kappa shape index (κ2) is 6.97. The van der Waals surface area contributed by atoms with Gasteiger partial charge in [0.05, 0.1) is 6.10 Å². The molecular formula is C18H36N2O. The summed E-state index contributed by atoms with van der Waals surface area (Å²) in [5, 5.41) is 3.70. The molecule has 3 nitrogen and oxygen atoms in total. The maximum Gasteiger partial charge on any atom is 0.0690 e. The van der Waals surface area contributed by atoms with E-state index in [0.717, 1.165) is 25.6 Å². The summed E-state index contributed by atoms with van der Waals surface area (Å²) < 4.78 is 5.98. The Labute approximate surface area is 131 Å². The minimum Gasteiger partial charge on any atom is -0.377 e. The average Bonchev–Trinajstić information content (AvgIpc) is 2.50. The standard InChI is InChI=1S/C18H36N2O/c1-5-7-9-14(6-2)12-20-13-18(19)15-10-8-11-21-16(15)17(18,3)4/h14-16,20H,5-13,19H2,1-4H3. The van der Waals surface area contributed by atoms with Crippen LogP contribution in [0.25, 0.3) is 0 Å². The van der Waals surface area contributed by atoms with E-state index in [2.05, 4.69) is 33.0 Å². The van der Waals surface area contributed by atoms with Crippen LogP contribution >= 0.6 is 0 Å². The third-order valence-corrected chi connectivity index (χ3v) is 6.29. The Hall–Kier alpha value is -0.120. The monoisotopic (exact) mass is 296 g/mol. The second-order valence-corrected chi connectivity index (χ2v) is 7.85. The Morgan fingerprint density at radius 1 is 1.33 bits per heavy atom. The van der Waals surface area contributed by atoms with Crippen LogP contribution in [0.4, 0.5) is 0 Å². The van der Waals surface area contributed by atoms with Crippen LogP contribution < -0.4 is 11.1 Å². The van der Waals surface area contributed by atoms with Crippen molar-refractivity contribution in [3.05, 3.63) is 0 Å². The predicted octanol–water partition coefficient (Wildman–Crippen LogP) is 3.32. The van der Waals surface area contributed by atoms with E-state index >= 15 is 0 Å². The number of unbranched alkanes of at least 4 members (excludes halogenated alkanes) is 1. The van der Waals surface area contributed by atoms with E-state index in [9.17, 15) is 0 Å². The molecule has 21 heavy (non-hydrogen) atoms. The summed E-state index contributed by atoms with van der Waals surface area (Å²) in [6, 6.07) is 0. The van der Waals surface area contributed by atoms with E-state index in [0.29, 0.717) is 12.0 Å². The number of nitrogens with one attached hydrogen (secondary N) is 1. The number of ether oxygens (including phenoxy) is 1. The van der Waals surface area contributed by atoms with Crippen LogP contribution in [-0.2, 0) is 4.74 Å². The fourth-order valence-corrected chi connectivity index (χ4v) is 4.45. The van der Waals surface area contributed by atoms with Crippen LogP contribution in [-0.4, -0.2) is 31.3 Å². The van der Waals surface area contributed by atoms with E-state index in [4.69, 9.17) is 10.5 Å². The van der Waals surface area contributed by atoms with Gasteiger partial charge in [-0.25, -0.2) is 0 Å². The zero-order valence-electron chi connectivity index (χ0n) is 14.6. The van der Waals surface area contributed by atoms with Gasteiger partial charge in [-0.1, -0.05) is 47.0 Å². The molecule has 4 atom stereocenters. The van der Waals surface area contributed by atoms with Gasteiger partial charge in [0.2, 0.25) is 0 Å². The Morgan fingerprint density at radius 3 is 2.76 bits per heavy atom. The molecule has 0 bridgehead atoms. The highest BCUT2D eigenvalue weighted by atomic mass is 16.5. The molecule has 0 aromatic heterocycles. The minimum absolute atomic E-state index is 0.0935. The van der Waals surface area contributed by atoms with E-state index in [1.165, 1.54) is 38.5 Å². The highest BCUT2D eigenvalue weighted by molar-refractivity contribution is 5.20. The summed E-state index contributed by atoms with van der Waals surface area (Å²) in [5.41, 5.74) is 6.82. The van der Waals surface area contributed by atoms with Crippen LogP contribution in [0.3, 0.4) is 0 Å². The molecule has 2 rings (SSSR count). The lowest BCUT2D eigenvalue weighted by Crippen LogP contribution is -2.80. The Balaban J connectivity index is 1.83. The van der Waals surface area contributed by atoms with Gasteiger partial charge < -0.3 is 15.8 Å². The van der Waals surface area contributed by atoms with Gasteiger partial charge in [-0.15, -0.1) is 0 Å². The van der Waals surface area contributed by atoms with Crippen molar-refractivity contribution in [2.24, 2.45) is 23.0 Å². The van der Waals surface area contributed by atoms with Crippen LogP contribution in [0, 0.1) is 17.3 Å². The van der Waals surface area contributed by atoms with Gasteiger partial charge in [-0.3, -0.25) is 0 Å². The first-order valence-corrected chi connectivity index (χ1v) is 9.08. The van der Waals surface area contributed by atoms with E-state index in [1.54, 1.807) is 0 Å². The quantitative estimate of drug-likeness (QED) is 0.722. The van der Waals surface area contributed by atoms with E-state index < -0.39 is 0 Å². The SMILES string of the molecule is CCCCC(CC)CNCC1(N)C2CCCOC2C1(C)C. The molecule has 0 aromatic carbocycles. The lowest BCUT2D eigenvalue weighted by atomic mass is 9.46. The summed E-state index contributed by atoms with van der Waals surface area (Å²) in [6.45, 7) is 12.1. The molecule has 3 N–H and O–H groups in total. The fraction of sp³-hybridized carbons (Fsp3) is 1.00. The van der Waals surface area contributed by atoms with E-state index in [1.807, 2.05) is 0 Å². The number of nitrogens with two attached hydrogens (primary N) is 1. The van der Waals surface area contributed by atoms with Crippen molar-refractivity contribution in [3.8, 4) is 0 Å². The molecule has 0 radical (unpaired) electrons. The number of fused-ring (bicyclic) bond motifs is 1. The Bertz CT molecular complexity index is 331. The minimum atomic E-state index is -0.0961. The molecule has 0 amide bonds. The third kappa shape index (κ3) is 3.16. The number of hydrogen-bond acceptors (Lipinski definition) is 3. The largest absolute Gasteiger partial charge is 0.377 e. The first kappa shape index (κ1) is 17.2. The normalized spacial score (nSPS) is 35.9. The average molecular weight is 296 g/mol. The molecular weight excluding hydrogens is 260 g/mol. The van der Waals surface area contributed by atoms with Crippen molar-refractivity contribution in [1.29, 1.82) is 0 Å². The van der Waals surface area contributed by atoms with Crippen molar-refractivity contribution in [1.82, 2.24) is 5.32 Å².